The highest BCUT2D eigenvalue weighted by atomic mass is 32.1. The molecule has 0 fully saturated rings. The summed E-state index contributed by atoms with van der Waals surface area (Å²) in [5.41, 5.74) is 2.08. The number of aromatic amines is 1. The van der Waals surface area contributed by atoms with Crippen LogP contribution in [0.25, 0.3) is 16.7 Å². The monoisotopic (exact) mass is 366 g/mol. The summed E-state index contributed by atoms with van der Waals surface area (Å²) in [6.07, 6.45) is 1.54. The fraction of sp³-hybridized carbons (Fsp3) is 0.222. The Labute approximate surface area is 153 Å². The van der Waals surface area contributed by atoms with Crippen molar-refractivity contribution >= 4 is 28.3 Å². The number of H-pyrrole nitrogens is 1. The van der Waals surface area contributed by atoms with E-state index in [0.29, 0.717) is 29.4 Å². The van der Waals surface area contributed by atoms with Crippen molar-refractivity contribution in [3.8, 4) is 5.69 Å². The Bertz CT molecular complexity index is 1100. The molecule has 0 atom stereocenters. The van der Waals surface area contributed by atoms with Crippen LogP contribution in [-0.2, 0) is 6.54 Å². The summed E-state index contributed by atoms with van der Waals surface area (Å²) >= 11 is 1.64. The number of hydrogen-bond acceptors (Lipinski definition) is 6. The molecule has 3 heterocycles. The zero-order chi connectivity index (χ0) is 18.1. The van der Waals surface area contributed by atoms with Crippen molar-refractivity contribution in [2.24, 2.45) is 0 Å². The van der Waals surface area contributed by atoms with E-state index in [1.54, 1.807) is 16.0 Å². The first-order valence-corrected chi connectivity index (χ1v) is 9.21. The maximum atomic E-state index is 12.3. The predicted octanol–water partition coefficient (Wildman–Crippen LogP) is 3.30. The fourth-order valence-corrected chi connectivity index (χ4v) is 3.44. The van der Waals surface area contributed by atoms with E-state index in [1.165, 1.54) is 6.20 Å². The van der Waals surface area contributed by atoms with Crippen LogP contribution in [0.1, 0.15) is 30.5 Å². The number of benzene rings is 1. The Morgan fingerprint density at radius 1 is 1.23 bits per heavy atom. The molecule has 0 spiro atoms. The van der Waals surface area contributed by atoms with Crippen molar-refractivity contribution in [3.63, 3.8) is 0 Å². The van der Waals surface area contributed by atoms with Gasteiger partial charge in [-0.25, -0.2) is 9.67 Å². The number of nitrogens with one attached hydrogen (secondary N) is 2. The van der Waals surface area contributed by atoms with Gasteiger partial charge in [0.15, 0.2) is 5.65 Å². The van der Waals surface area contributed by atoms with Crippen molar-refractivity contribution in [1.29, 1.82) is 0 Å². The molecule has 7 nitrogen and oxygen atoms in total. The van der Waals surface area contributed by atoms with Crippen molar-refractivity contribution < 1.29 is 0 Å². The minimum Gasteiger partial charge on any atom is -0.350 e. The zero-order valence-electron chi connectivity index (χ0n) is 14.4. The second-order valence-electron chi connectivity index (χ2n) is 6.23. The lowest BCUT2D eigenvalue weighted by atomic mass is 10.2. The second-order valence-corrected chi connectivity index (χ2v) is 7.12. The van der Waals surface area contributed by atoms with Crippen molar-refractivity contribution in [2.75, 3.05) is 5.32 Å². The van der Waals surface area contributed by atoms with Crippen molar-refractivity contribution in [1.82, 2.24) is 24.7 Å². The number of nitrogens with zero attached hydrogens (tertiary/aromatic N) is 4. The van der Waals surface area contributed by atoms with Crippen LogP contribution in [0.5, 0.6) is 0 Å². The predicted molar refractivity (Wildman–Crippen MR) is 103 cm³/mol. The van der Waals surface area contributed by atoms with E-state index in [4.69, 9.17) is 0 Å². The summed E-state index contributed by atoms with van der Waals surface area (Å²) in [5, 5.41) is 11.0. The SMILES string of the molecule is CC(C)c1nc(CNc2nc3c(cnn3-c3ccccc3)c(=O)[nH]2)cs1. The van der Waals surface area contributed by atoms with Crippen molar-refractivity contribution in [2.45, 2.75) is 26.3 Å². The molecule has 4 aromatic rings. The average molecular weight is 366 g/mol. The van der Waals surface area contributed by atoms with Crippen LogP contribution in [0.3, 0.4) is 0 Å². The average Bonchev–Trinajstić information content (AvgIpc) is 3.28. The Morgan fingerprint density at radius 2 is 2.04 bits per heavy atom. The standard InChI is InChI=1S/C18H18N6OS/c1-11(2)17-21-12(10-26-17)8-19-18-22-15-14(16(25)23-18)9-20-24(15)13-6-4-3-5-7-13/h3-7,9-11H,8H2,1-2H3,(H2,19,22,23,25). The highest BCUT2D eigenvalue weighted by molar-refractivity contribution is 7.09. The van der Waals surface area contributed by atoms with Crippen LogP contribution in [0.4, 0.5) is 5.95 Å². The van der Waals surface area contributed by atoms with Crippen molar-refractivity contribution in [3.05, 3.63) is 63.0 Å². The van der Waals surface area contributed by atoms with Gasteiger partial charge in [-0.2, -0.15) is 10.1 Å². The number of hydrogen-bond donors (Lipinski definition) is 2. The molecule has 4 rings (SSSR count). The molecular weight excluding hydrogens is 348 g/mol. The molecule has 0 aliphatic rings. The molecule has 132 valence electrons. The van der Waals surface area contributed by atoms with E-state index in [1.807, 2.05) is 35.7 Å². The number of fused-ring (bicyclic) bond motifs is 1. The van der Waals surface area contributed by atoms with E-state index in [2.05, 4.69) is 39.2 Å². The van der Waals surface area contributed by atoms with Gasteiger partial charge in [0.2, 0.25) is 5.95 Å². The minimum absolute atomic E-state index is 0.221. The van der Waals surface area contributed by atoms with Gasteiger partial charge >= 0.3 is 0 Å². The van der Waals surface area contributed by atoms with Crippen LogP contribution < -0.4 is 10.9 Å². The van der Waals surface area contributed by atoms with Gasteiger partial charge in [-0.1, -0.05) is 32.0 Å². The van der Waals surface area contributed by atoms with E-state index >= 15 is 0 Å². The van der Waals surface area contributed by atoms with Gasteiger partial charge in [-0.05, 0) is 12.1 Å². The maximum absolute atomic E-state index is 12.3. The molecule has 26 heavy (non-hydrogen) atoms. The lowest BCUT2D eigenvalue weighted by molar-refractivity contribution is 0.839. The summed E-state index contributed by atoms with van der Waals surface area (Å²) in [6.45, 7) is 4.73. The third-order valence-electron chi connectivity index (χ3n) is 3.94. The molecular formula is C18H18N6OS. The van der Waals surface area contributed by atoms with E-state index in [0.717, 1.165) is 16.4 Å². The van der Waals surface area contributed by atoms with Gasteiger partial charge in [-0.3, -0.25) is 9.78 Å². The van der Waals surface area contributed by atoms with Gasteiger partial charge < -0.3 is 5.32 Å². The Kier molecular flexibility index (Phi) is 4.26. The molecule has 0 bridgehead atoms. The third-order valence-corrected chi connectivity index (χ3v) is 5.13. The van der Waals surface area contributed by atoms with Gasteiger partial charge in [0.05, 0.1) is 29.1 Å². The molecule has 0 saturated heterocycles. The minimum atomic E-state index is -0.221. The zero-order valence-corrected chi connectivity index (χ0v) is 15.2. The first-order valence-electron chi connectivity index (χ1n) is 8.33. The molecule has 8 heteroatoms. The molecule has 1 aromatic carbocycles. The number of rotatable bonds is 5. The number of thiazole rings is 1. The topological polar surface area (TPSA) is 88.5 Å². The summed E-state index contributed by atoms with van der Waals surface area (Å²) in [6, 6.07) is 9.62. The van der Waals surface area contributed by atoms with Gasteiger partial charge in [-0.15, -0.1) is 11.3 Å². The summed E-state index contributed by atoms with van der Waals surface area (Å²) in [7, 11) is 0. The third kappa shape index (κ3) is 3.11. The first-order chi connectivity index (χ1) is 12.6. The molecule has 0 unspecified atom stereocenters. The van der Waals surface area contributed by atoms with Gasteiger partial charge in [0.25, 0.3) is 5.56 Å². The quantitative estimate of drug-likeness (QED) is 0.566. The summed E-state index contributed by atoms with van der Waals surface area (Å²) in [5.74, 6) is 0.808. The molecule has 0 amide bonds. The molecule has 0 aliphatic carbocycles. The normalized spacial score (nSPS) is 11.3. The van der Waals surface area contributed by atoms with Crippen LogP contribution >= 0.6 is 11.3 Å². The summed E-state index contributed by atoms with van der Waals surface area (Å²) in [4.78, 5) is 24.2. The van der Waals surface area contributed by atoms with Crippen LogP contribution in [-0.4, -0.2) is 24.7 Å². The molecule has 2 N–H and O–H groups in total. The van der Waals surface area contributed by atoms with Gasteiger partial charge in [0, 0.05) is 11.3 Å². The van der Waals surface area contributed by atoms with Crippen LogP contribution in [0, 0.1) is 0 Å². The first kappa shape index (κ1) is 16.5. The van der Waals surface area contributed by atoms with E-state index in [9.17, 15) is 4.79 Å². The Balaban J connectivity index is 1.64. The lowest BCUT2D eigenvalue weighted by Gasteiger charge is -2.06. The highest BCUT2D eigenvalue weighted by Crippen LogP contribution is 2.20. The smallest absolute Gasteiger partial charge is 0.263 e. The molecule has 0 radical (unpaired) electrons. The van der Waals surface area contributed by atoms with E-state index < -0.39 is 0 Å². The maximum Gasteiger partial charge on any atom is 0.263 e. The molecule has 0 aliphatic heterocycles. The highest BCUT2D eigenvalue weighted by Gasteiger charge is 2.12. The largest absolute Gasteiger partial charge is 0.350 e. The number of para-hydroxylation sites is 1. The van der Waals surface area contributed by atoms with E-state index in [-0.39, 0.29) is 5.56 Å². The van der Waals surface area contributed by atoms with Crippen LogP contribution in [0.15, 0.2) is 46.7 Å². The Morgan fingerprint density at radius 3 is 2.77 bits per heavy atom. The molecule has 3 aromatic heterocycles. The summed E-state index contributed by atoms with van der Waals surface area (Å²) < 4.78 is 1.66. The lowest BCUT2D eigenvalue weighted by Crippen LogP contribution is -2.13. The van der Waals surface area contributed by atoms with Gasteiger partial charge in [0.1, 0.15) is 5.39 Å². The molecule has 0 saturated carbocycles. The Hall–Kier alpha value is -3.00. The van der Waals surface area contributed by atoms with Crippen LogP contribution in [0.2, 0.25) is 0 Å². The number of anilines is 1. The number of aromatic nitrogens is 5. The fourth-order valence-electron chi connectivity index (χ4n) is 2.60. The second kappa shape index (κ2) is 6.72.